The summed E-state index contributed by atoms with van der Waals surface area (Å²) in [6.07, 6.45) is 3.96. The van der Waals surface area contributed by atoms with Crippen LogP contribution in [0.4, 0.5) is 5.69 Å². The first-order chi connectivity index (χ1) is 11.0. The number of carbonyl (C=O) groups excluding carboxylic acids is 1. The maximum atomic E-state index is 11.5. The second-order valence-corrected chi connectivity index (χ2v) is 6.05. The minimum Gasteiger partial charge on any atom is -0.466 e. The van der Waals surface area contributed by atoms with Gasteiger partial charge in [0.25, 0.3) is 0 Å². The summed E-state index contributed by atoms with van der Waals surface area (Å²) in [6, 6.07) is 5.47. The first-order valence-electron chi connectivity index (χ1n) is 7.39. The summed E-state index contributed by atoms with van der Waals surface area (Å²) in [7, 11) is 1.35. The highest BCUT2D eigenvalue weighted by Crippen LogP contribution is 2.23. The molecule has 1 aliphatic rings. The van der Waals surface area contributed by atoms with Gasteiger partial charge in [0, 0.05) is 29.4 Å². The standard InChI is InChI=1S/C16H20ClN3O2S/c1-11(15(21)22-2)9-12-10-13(5-6-14(12)17)19-16(23)20-8-4-3-7-18-20/h5-6,9-10,18H,3-4,7-8H2,1-2H3,(H,19,23). The van der Waals surface area contributed by atoms with Crippen LogP contribution in [0.15, 0.2) is 23.8 Å². The summed E-state index contributed by atoms with van der Waals surface area (Å²) in [5.74, 6) is -0.382. The number of hydrogen-bond donors (Lipinski definition) is 2. The predicted molar refractivity (Wildman–Crippen MR) is 97.3 cm³/mol. The normalized spacial score (nSPS) is 15.3. The Hall–Kier alpha value is -1.63. The average Bonchev–Trinajstić information content (AvgIpc) is 2.57. The molecular weight excluding hydrogens is 334 g/mol. The van der Waals surface area contributed by atoms with Crippen molar-refractivity contribution in [3.8, 4) is 0 Å². The van der Waals surface area contributed by atoms with E-state index in [1.165, 1.54) is 7.11 Å². The van der Waals surface area contributed by atoms with Gasteiger partial charge in [0.15, 0.2) is 5.11 Å². The highest BCUT2D eigenvalue weighted by molar-refractivity contribution is 7.80. The Bertz CT molecular complexity index is 628. The Kier molecular flexibility index (Phi) is 6.38. The molecule has 2 rings (SSSR count). The number of thiocarbonyl (C=S) groups is 1. The third-order valence-electron chi connectivity index (χ3n) is 3.48. The van der Waals surface area contributed by atoms with Gasteiger partial charge < -0.3 is 10.1 Å². The van der Waals surface area contributed by atoms with Gasteiger partial charge in [-0.15, -0.1) is 0 Å². The molecule has 0 bridgehead atoms. The minimum atomic E-state index is -0.382. The molecular formula is C16H20ClN3O2S. The number of halogens is 1. The quantitative estimate of drug-likeness (QED) is 0.494. The average molecular weight is 354 g/mol. The first-order valence-corrected chi connectivity index (χ1v) is 8.18. The maximum absolute atomic E-state index is 11.5. The molecule has 5 nitrogen and oxygen atoms in total. The fourth-order valence-corrected chi connectivity index (χ4v) is 2.68. The van der Waals surface area contributed by atoms with Gasteiger partial charge in [0.05, 0.1) is 7.11 Å². The molecule has 1 saturated heterocycles. The molecule has 0 aliphatic carbocycles. The van der Waals surface area contributed by atoms with E-state index in [4.69, 9.17) is 28.6 Å². The van der Waals surface area contributed by atoms with E-state index < -0.39 is 0 Å². The third-order valence-corrected chi connectivity index (χ3v) is 4.15. The Balaban J connectivity index is 2.13. The van der Waals surface area contributed by atoms with Crippen molar-refractivity contribution in [2.45, 2.75) is 19.8 Å². The zero-order chi connectivity index (χ0) is 16.8. The van der Waals surface area contributed by atoms with Crippen LogP contribution in [0, 0.1) is 0 Å². The number of nitrogens with zero attached hydrogens (tertiary/aromatic N) is 1. The van der Waals surface area contributed by atoms with Gasteiger partial charge in [-0.05, 0) is 61.8 Å². The lowest BCUT2D eigenvalue weighted by atomic mass is 10.1. The number of nitrogens with one attached hydrogen (secondary N) is 2. The molecule has 0 spiro atoms. The summed E-state index contributed by atoms with van der Waals surface area (Å²) in [4.78, 5) is 11.5. The second kappa shape index (κ2) is 8.29. The molecule has 23 heavy (non-hydrogen) atoms. The summed E-state index contributed by atoms with van der Waals surface area (Å²) in [5.41, 5.74) is 5.27. The largest absolute Gasteiger partial charge is 0.466 e. The number of hydrazine groups is 1. The van der Waals surface area contributed by atoms with Crippen LogP contribution < -0.4 is 10.7 Å². The van der Waals surface area contributed by atoms with Gasteiger partial charge in [-0.2, -0.15) is 0 Å². The van der Waals surface area contributed by atoms with Crippen LogP contribution in [0.1, 0.15) is 25.3 Å². The smallest absolute Gasteiger partial charge is 0.333 e. The van der Waals surface area contributed by atoms with Crippen molar-refractivity contribution in [2.75, 3.05) is 25.5 Å². The number of carbonyl (C=O) groups is 1. The number of anilines is 1. The molecule has 1 aliphatic heterocycles. The summed E-state index contributed by atoms with van der Waals surface area (Å²) >= 11 is 11.6. The van der Waals surface area contributed by atoms with Crippen LogP contribution in [0.5, 0.6) is 0 Å². The molecule has 0 unspecified atom stereocenters. The molecule has 0 radical (unpaired) electrons. The van der Waals surface area contributed by atoms with Crippen molar-refractivity contribution in [3.63, 3.8) is 0 Å². The van der Waals surface area contributed by atoms with Crippen LogP contribution in [0.2, 0.25) is 5.02 Å². The van der Waals surface area contributed by atoms with E-state index in [1.807, 2.05) is 17.1 Å². The van der Waals surface area contributed by atoms with Gasteiger partial charge in [-0.25, -0.2) is 10.2 Å². The molecule has 1 aromatic rings. The Morgan fingerprint density at radius 3 is 2.91 bits per heavy atom. The SMILES string of the molecule is COC(=O)C(C)=Cc1cc(NC(=S)N2CCCCN2)ccc1Cl. The predicted octanol–water partition coefficient (Wildman–Crippen LogP) is 3.21. The van der Waals surface area contributed by atoms with Gasteiger partial charge >= 0.3 is 5.97 Å². The van der Waals surface area contributed by atoms with Crippen LogP contribution >= 0.6 is 23.8 Å². The van der Waals surface area contributed by atoms with Crippen LogP contribution in [0.3, 0.4) is 0 Å². The van der Waals surface area contributed by atoms with E-state index in [1.54, 1.807) is 19.1 Å². The number of benzene rings is 1. The fraction of sp³-hybridized carbons (Fsp3) is 0.375. The first kappa shape index (κ1) is 17.7. The minimum absolute atomic E-state index is 0.382. The number of hydrogen-bond acceptors (Lipinski definition) is 4. The van der Waals surface area contributed by atoms with Crippen LogP contribution in [-0.2, 0) is 9.53 Å². The van der Waals surface area contributed by atoms with Gasteiger partial charge in [0.1, 0.15) is 0 Å². The number of methoxy groups -OCH3 is 1. The monoisotopic (exact) mass is 353 g/mol. The third kappa shape index (κ3) is 4.92. The van der Waals surface area contributed by atoms with Gasteiger partial charge in [0.2, 0.25) is 0 Å². The molecule has 0 saturated carbocycles. The van der Waals surface area contributed by atoms with Gasteiger partial charge in [-0.1, -0.05) is 11.6 Å². The van der Waals surface area contributed by atoms with E-state index in [0.717, 1.165) is 37.2 Å². The van der Waals surface area contributed by atoms with E-state index in [2.05, 4.69) is 10.7 Å². The number of rotatable bonds is 3. The van der Waals surface area contributed by atoms with E-state index in [0.29, 0.717) is 15.7 Å². The topological polar surface area (TPSA) is 53.6 Å². The lowest BCUT2D eigenvalue weighted by Crippen LogP contribution is -2.48. The van der Waals surface area contributed by atoms with Crippen molar-refractivity contribution in [2.24, 2.45) is 0 Å². The molecule has 0 aromatic heterocycles. The molecule has 1 fully saturated rings. The molecule has 2 N–H and O–H groups in total. The molecule has 0 atom stereocenters. The highest BCUT2D eigenvalue weighted by Gasteiger charge is 2.13. The Morgan fingerprint density at radius 2 is 2.26 bits per heavy atom. The molecule has 124 valence electrons. The zero-order valence-corrected chi connectivity index (χ0v) is 14.8. The van der Waals surface area contributed by atoms with Crippen molar-refractivity contribution < 1.29 is 9.53 Å². The van der Waals surface area contributed by atoms with E-state index in [-0.39, 0.29) is 5.97 Å². The lowest BCUT2D eigenvalue weighted by Gasteiger charge is -2.30. The van der Waals surface area contributed by atoms with Gasteiger partial charge in [-0.3, -0.25) is 5.01 Å². The summed E-state index contributed by atoms with van der Waals surface area (Å²) in [5, 5.41) is 6.29. The van der Waals surface area contributed by atoms with Crippen molar-refractivity contribution in [3.05, 3.63) is 34.4 Å². The summed E-state index contributed by atoms with van der Waals surface area (Å²) < 4.78 is 4.70. The van der Waals surface area contributed by atoms with E-state index in [9.17, 15) is 4.79 Å². The lowest BCUT2D eigenvalue weighted by molar-refractivity contribution is -0.135. The highest BCUT2D eigenvalue weighted by atomic mass is 35.5. The Morgan fingerprint density at radius 1 is 1.48 bits per heavy atom. The molecule has 0 amide bonds. The van der Waals surface area contributed by atoms with Crippen LogP contribution in [-0.4, -0.2) is 36.3 Å². The van der Waals surface area contributed by atoms with Crippen molar-refractivity contribution in [1.82, 2.24) is 10.4 Å². The number of ether oxygens (including phenoxy) is 1. The number of esters is 1. The maximum Gasteiger partial charge on any atom is 0.333 e. The van der Waals surface area contributed by atoms with Crippen LogP contribution in [0.25, 0.3) is 6.08 Å². The molecule has 1 aromatic carbocycles. The van der Waals surface area contributed by atoms with E-state index >= 15 is 0 Å². The summed E-state index contributed by atoms with van der Waals surface area (Å²) in [6.45, 7) is 3.49. The Labute approximate surface area is 146 Å². The molecule has 1 heterocycles. The zero-order valence-electron chi connectivity index (χ0n) is 13.2. The second-order valence-electron chi connectivity index (χ2n) is 5.25. The molecule has 7 heteroatoms. The van der Waals surface area contributed by atoms with Crippen molar-refractivity contribution >= 4 is 46.7 Å². The fourth-order valence-electron chi connectivity index (χ4n) is 2.24. The van der Waals surface area contributed by atoms with Crippen molar-refractivity contribution in [1.29, 1.82) is 0 Å².